The van der Waals surface area contributed by atoms with Crippen molar-refractivity contribution in [1.29, 1.82) is 0 Å². The average molecular weight is 501 g/mol. The number of benzene rings is 1. The lowest BCUT2D eigenvalue weighted by atomic mass is 9.99. The maximum absolute atomic E-state index is 13.9. The molecule has 5 heterocycles. The van der Waals surface area contributed by atoms with Gasteiger partial charge in [-0.1, -0.05) is 6.07 Å². The van der Waals surface area contributed by atoms with Gasteiger partial charge in [-0.05, 0) is 66.8 Å². The second-order valence-electron chi connectivity index (χ2n) is 10.2. The highest BCUT2D eigenvalue weighted by molar-refractivity contribution is 6.09. The van der Waals surface area contributed by atoms with Crippen molar-refractivity contribution < 1.29 is 14.3 Å². The van der Waals surface area contributed by atoms with Crippen molar-refractivity contribution in [3.05, 3.63) is 62.8 Å². The van der Waals surface area contributed by atoms with Gasteiger partial charge in [0.1, 0.15) is 11.6 Å². The highest BCUT2D eigenvalue weighted by atomic mass is 16.5. The number of carbonyl (C=O) groups excluding carboxylic acids is 1. The summed E-state index contributed by atoms with van der Waals surface area (Å²) in [6.45, 7) is 2.14. The fourth-order valence-electron chi connectivity index (χ4n) is 5.74. The third-order valence-electron chi connectivity index (χ3n) is 7.84. The number of nitrogens with one attached hydrogen (secondary N) is 1. The molecule has 7 rings (SSSR count). The number of aromatic amines is 1. The van der Waals surface area contributed by atoms with Crippen molar-refractivity contribution in [3.63, 3.8) is 0 Å². The molecule has 2 aliphatic heterocycles. The Bertz CT molecular complexity index is 1600. The van der Waals surface area contributed by atoms with Crippen LogP contribution in [-0.4, -0.2) is 57.3 Å². The summed E-state index contributed by atoms with van der Waals surface area (Å²) in [6.07, 6.45) is 6.77. The summed E-state index contributed by atoms with van der Waals surface area (Å²) in [5.41, 5.74) is 4.85. The summed E-state index contributed by atoms with van der Waals surface area (Å²) in [6, 6.07) is 5.89. The third kappa shape index (κ3) is 3.74. The first-order valence-electron chi connectivity index (χ1n) is 12.9. The van der Waals surface area contributed by atoms with Crippen LogP contribution in [0.4, 0.5) is 5.82 Å². The van der Waals surface area contributed by atoms with Crippen LogP contribution in [0.3, 0.4) is 0 Å². The van der Waals surface area contributed by atoms with Gasteiger partial charge in [0.2, 0.25) is 5.65 Å². The molecule has 0 unspecified atom stereocenters. The molecule has 37 heavy (non-hydrogen) atoms. The van der Waals surface area contributed by atoms with E-state index in [1.54, 1.807) is 18.1 Å². The normalized spacial score (nSPS) is 18.1. The Kier molecular flexibility index (Phi) is 5.33. The molecule has 10 nitrogen and oxygen atoms in total. The topological polar surface area (TPSA) is 115 Å². The predicted molar refractivity (Wildman–Crippen MR) is 136 cm³/mol. The second kappa shape index (κ2) is 8.74. The molecule has 1 amide bonds. The number of aromatic nitrogens is 5. The Hall–Kier alpha value is -3.63. The van der Waals surface area contributed by atoms with Gasteiger partial charge < -0.3 is 14.5 Å². The molecule has 3 aliphatic rings. The Balaban J connectivity index is 1.34. The van der Waals surface area contributed by atoms with E-state index in [1.165, 1.54) is 18.4 Å². The van der Waals surface area contributed by atoms with Gasteiger partial charge in [-0.3, -0.25) is 18.9 Å². The van der Waals surface area contributed by atoms with Crippen LogP contribution in [0.1, 0.15) is 70.4 Å². The molecule has 190 valence electrons. The smallest absolute Gasteiger partial charge is 0.294 e. The molecule has 0 bridgehead atoms. The van der Waals surface area contributed by atoms with Gasteiger partial charge in [0.15, 0.2) is 0 Å². The third-order valence-corrected chi connectivity index (χ3v) is 7.84. The van der Waals surface area contributed by atoms with Crippen LogP contribution in [0.2, 0.25) is 0 Å². The molecule has 3 aromatic heterocycles. The summed E-state index contributed by atoms with van der Waals surface area (Å²) in [5.74, 6) is 2.10. The van der Waals surface area contributed by atoms with Gasteiger partial charge in [-0.25, -0.2) is 4.98 Å². The molecule has 0 atom stereocenters. The number of nitrogens with zero attached hydrogens (tertiary/aromatic N) is 5. The number of methoxy groups -OCH3 is 1. The minimum atomic E-state index is -0.336. The number of rotatable bonds is 5. The molecule has 1 saturated carbocycles. The lowest BCUT2D eigenvalue weighted by Gasteiger charge is -2.21. The Morgan fingerprint density at radius 1 is 1.14 bits per heavy atom. The van der Waals surface area contributed by atoms with E-state index in [0.717, 1.165) is 47.5 Å². The zero-order chi connectivity index (χ0) is 25.1. The number of hydrogen-bond donors (Lipinski definition) is 1. The minimum Gasteiger partial charge on any atom is -0.381 e. The number of ether oxygens (including phenoxy) is 2. The number of amides is 1. The fourth-order valence-corrected chi connectivity index (χ4v) is 5.74. The minimum absolute atomic E-state index is 0.145. The highest BCUT2D eigenvalue weighted by Gasteiger charge is 2.32. The maximum atomic E-state index is 13.9. The van der Waals surface area contributed by atoms with Crippen LogP contribution in [0.15, 0.2) is 29.2 Å². The van der Waals surface area contributed by atoms with E-state index >= 15 is 0 Å². The molecule has 2 fully saturated rings. The summed E-state index contributed by atoms with van der Waals surface area (Å²) in [4.78, 5) is 36.2. The Morgan fingerprint density at radius 3 is 2.76 bits per heavy atom. The summed E-state index contributed by atoms with van der Waals surface area (Å²) >= 11 is 0. The Morgan fingerprint density at radius 2 is 1.97 bits per heavy atom. The summed E-state index contributed by atoms with van der Waals surface area (Å²) < 4.78 is 12.9. The molecule has 4 aromatic rings. The van der Waals surface area contributed by atoms with E-state index in [0.29, 0.717) is 36.8 Å². The molecule has 0 spiro atoms. The van der Waals surface area contributed by atoms with Gasteiger partial charge in [0.25, 0.3) is 11.5 Å². The molecule has 1 aromatic carbocycles. The van der Waals surface area contributed by atoms with Gasteiger partial charge in [0.05, 0.1) is 17.6 Å². The predicted octanol–water partition coefficient (Wildman–Crippen LogP) is 3.09. The maximum Gasteiger partial charge on any atom is 0.294 e. The average Bonchev–Trinajstić information content (AvgIpc) is 3.53. The number of fused-ring (bicyclic) bond motifs is 4. The number of H-pyrrole nitrogens is 1. The largest absolute Gasteiger partial charge is 0.381 e. The molecule has 1 saturated heterocycles. The fraction of sp³-hybridized carbons (Fsp3) is 0.444. The van der Waals surface area contributed by atoms with Crippen molar-refractivity contribution in [2.45, 2.75) is 50.5 Å². The molecule has 1 N–H and O–H groups in total. The molecule has 1 aliphatic carbocycles. The van der Waals surface area contributed by atoms with E-state index in [-0.39, 0.29) is 29.6 Å². The van der Waals surface area contributed by atoms with Crippen molar-refractivity contribution in [1.82, 2.24) is 24.6 Å². The van der Waals surface area contributed by atoms with E-state index in [2.05, 4.69) is 26.2 Å². The quantitative estimate of drug-likeness (QED) is 0.448. The van der Waals surface area contributed by atoms with Gasteiger partial charge in [-0.2, -0.15) is 0 Å². The van der Waals surface area contributed by atoms with Gasteiger partial charge in [0, 0.05) is 44.5 Å². The van der Waals surface area contributed by atoms with Crippen molar-refractivity contribution in [3.8, 4) is 0 Å². The first kappa shape index (κ1) is 22.6. The molecular formula is C27H28N6O4. The molecule has 10 heteroatoms. The molecular weight excluding hydrogens is 472 g/mol. The zero-order valence-electron chi connectivity index (χ0n) is 20.7. The van der Waals surface area contributed by atoms with Gasteiger partial charge in [-0.15, -0.1) is 10.2 Å². The zero-order valence-corrected chi connectivity index (χ0v) is 20.7. The SMILES string of the molecule is COCc1cc2c(cc1C(=O)N1CCc3cc(C4CC4)cnc31)[nH]c(=O)c1nnc(C3CCOCC3)n12. The number of carbonyl (C=O) groups is 1. The Labute approximate surface area is 212 Å². The first-order valence-corrected chi connectivity index (χ1v) is 12.9. The lowest BCUT2D eigenvalue weighted by Crippen LogP contribution is -2.30. The van der Waals surface area contributed by atoms with Crippen molar-refractivity contribution in [2.75, 3.05) is 31.8 Å². The van der Waals surface area contributed by atoms with Crippen molar-refractivity contribution in [2.24, 2.45) is 0 Å². The van der Waals surface area contributed by atoms with E-state index in [4.69, 9.17) is 9.47 Å². The van der Waals surface area contributed by atoms with Crippen LogP contribution < -0.4 is 10.5 Å². The first-order chi connectivity index (χ1) is 18.1. The standard InChI is InChI=1S/C27H28N6O4/c1-36-14-19-11-22-21(29-26(34)25-31-30-24(33(22)25)16-5-8-37-9-6-16)12-20(19)27(35)32-7-4-17-10-18(15-2-3-15)13-28-23(17)32/h10-13,15-16H,2-9,14H2,1H3,(H,29,34). The van der Waals surface area contributed by atoms with E-state index in [1.807, 2.05) is 16.7 Å². The number of hydrogen-bond acceptors (Lipinski definition) is 7. The second-order valence-corrected chi connectivity index (χ2v) is 10.2. The van der Waals surface area contributed by atoms with E-state index < -0.39 is 0 Å². The van der Waals surface area contributed by atoms with Crippen LogP contribution in [-0.2, 0) is 22.5 Å². The van der Waals surface area contributed by atoms with Crippen LogP contribution in [0, 0.1) is 0 Å². The molecule has 0 radical (unpaired) electrons. The summed E-state index contributed by atoms with van der Waals surface area (Å²) in [5, 5.41) is 8.60. The van der Waals surface area contributed by atoms with Crippen LogP contribution in [0.25, 0.3) is 16.7 Å². The number of anilines is 1. The summed E-state index contributed by atoms with van der Waals surface area (Å²) in [7, 11) is 1.61. The van der Waals surface area contributed by atoms with E-state index in [9.17, 15) is 9.59 Å². The lowest BCUT2D eigenvalue weighted by molar-refractivity contribution is 0.0834. The van der Waals surface area contributed by atoms with Crippen LogP contribution >= 0.6 is 0 Å². The van der Waals surface area contributed by atoms with Crippen molar-refractivity contribution >= 4 is 28.4 Å². The van der Waals surface area contributed by atoms with Gasteiger partial charge >= 0.3 is 0 Å². The van der Waals surface area contributed by atoms with Crippen LogP contribution in [0.5, 0.6) is 0 Å². The number of pyridine rings is 1. The monoisotopic (exact) mass is 500 g/mol. The highest BCUT2D eigenvalue weighted by Crippen LogP contribution is 2.41.